The van der Waals surface area contributed by atoms with Gasteiger partial charge in [0.15, 0.2) is 11.2 Å². The highest BCUT2D eigenvalue weighted by Crippen LogP contribution is 2.29. The van der Waals surface area contributed by atoms with Gasteiger partial charge in [0.05, 0.1) is 24.6 Å². The van der Waals surface area contributed by atoms with Gasteiger partial charge in [-0.25, -0.2) is 9.97 Å². The van der Waals surface area contributed by atoms with Crippen LogP contribution >= 0.6 is 11.6 Å². The van der Waals surface area contributed by atoms with Crippen LogP contribution in [0.15, 0.2) is 6.33 Å². The molecule has 0 aliphatic rings. The molecule has 2 aromatic rings. The van der Waals surface area contributed by atoms with Crippen LogP contribution in [0.3, 0.4) is 0 Å². The van der Waals surface area contributed by atoms with E-state index in [1.807, 2.05) is 32.3 Å². The number of fused-ring (bicyclic) bond motifs is 1. The molecule has 0 radical (unpaired) electrons. The molecule has 116 valence electrons. The monoisotopic (exact) mass is 312 g/mol. The van der Waals surface area contributed by atoms with Crippen LogP contribution in [0.5, 0.6) is 5.88 Å². The van der Waals surface area contributed by atoms with E-state index in [4.69, 9.17) is 21.1 Å². The SMILES string of the molecule is CCOC(C)(C)Cn1c(C(C)Cl)nc2c(OC)ncnc21. The Balaban J connectivity index is 2.57. The Labute approximate surface area is 129 Å². The molecule has 6 nitrogen and oxygen atoms in total. The molecule has 1 unspecified atom stereocenters. The Bertz CT molecular complexity index is 625. The van der Waals surface area contributed by atoms with Gasteiger partial charge in [0.2, 0.25) is 5.88 Å². The smallest absolute Gasteiger partial charge is 0.245 e. The quantitative estimate of drug-likeness (QED) is 0.767. The summed E-state index contributed by atoms with van der Waals surface area (Å²) in [5.41, 5.74) is 0.980. The van der Waals surface area contributed by atoms with E-state index < -0.39 is 0 Å². The van der Waals surface area contributed by atoms with E-state index in [9.17, 15) is 0 Å². The summed E-state index contributed by atoms with van der Waals surface area (Å²) in [6.45, 7) is 9.16. The topological polar surface area (TPSA) is 62.1 Å². The first-order chi connectivity index (χ1) is 9.89. The van der Waals surface area contributed by atoms with Crippen molar-refractivity contribution in [2.75, 3.05) is 13.7 Å². The minimum Gasteiger partial charge on any atom is -0.479 e. The van der Waals surface area contributed by atoms with E-state index in [-0.39, 0.29) is 11.0 Å². The molecule has 0 saturated carbocycles. The van der Waals surface area contributed by atoms with Crippen LogP contribution < -0.4 is 4.74 Å². The number of hydrogen-bond donors (Lipinski definition) is 0. The summed E-state index contributed by atoms with van der Waals surface area (Å²) in [4.78, 5) is 13.0. The van der Waals surface area contributed by atoms with Crippen molar-refractivity contribution in [1.29, 1.82) is 0 Å². The van der Waals surface area contributed by atoms with Gasteiger partial charge in [-0.15, -0.1) is 11.6 Å². The van der Waals surface area contributed by atoms with E-state index in [1.54, 1.807) is 7.11 Å². The van der Waals surface area contributed by atoms with Crippen molar-refractivity contribution in [2.45, 2.75) is 45.2 Å². The minimum absolute atomic E-state index is 0.249. The predicted molar refractivity (Wildman–Crippen MR) is 81.8 cm³/mol. The van der Waals surface area contributed by atoms with Crippen LogP contribution in [0.25, 0.3) is 11.2 Å². The summed E-state index contributed by atoms with van der Waals surface area (Å²) in [5, 5.41) is -0.249. The lowest BCUT2D eigenvalue weighted by atomic mass is 10.1. The first kappa shape index (κ1) is 16.0. The maximum atomic E-state index is 6.27. The number of rotatable bonds is 6. The largest absolute Gasteiger partial charge is 0.479 e. The molecule has 0 N–H and O–H groups in total. The second kappa shape index (κ2) is 6.15. The Kier molecular flexibility index (Phi) is 4.68. The number of ether oxygens (including phenoxy) is 2. The predicted octanol–water partition coefficient (Wildman–Crippen LogP) is 2.95. The number of halogens is 1. The van der Waals surface area contributed by atoms with Gasteiger partial charge in [-0.1, -0.05) is 0 Å². The zero-order valence-electron chi connectivity index (χ0n) is 13.1. The average molecular weight is 313 g/mol. The average Bonchev–Trinajstić information content (AvgIpc) is 2.77. The highest BCUT2D eigenvalue weighted by atomic mass is 35.5. The van der Waals surface area contributed by atoms with Crippen LogP contribution in [0.2, 0.25) is 0 Å². The molecule has 7 heteroatoms. The van der Waals surface area contributed by atoms with E-state index in [0.717, 1.165) is 5.82 Å². The van der Waals surface area contributed by atoms with Crippen LogP contribution in [0.4, 0.5) is 0 Å². The molecule has 2 rings (SSSR count). The van der Waals surface area contributed by atoms with E-state index in [2.05, 4.69) is 15.0 Å². The first-order valence-corrected chi connectivity index (χ1v) is 7.36. The Hall–Kier alpha value is -1.40. The van der Waals surface area contributed by atoms with Gasteiger partial charge in [0, 0.05) is 6.61 Å². The zero-order valence-corrected chi connectivity index (χ0v) is 13.8. The Morgan fingerprint density at radius 2 is 2.10 bits per heavy atom. The van der Waals surface area contributed by atoms with Gasteiger partial charge in [-0.3, -0.25) is 0 Å². The van der Waals surface area contributed by atoms with Crippen molar-refractivity contribution >= 4 is 22.8 Å². The maximum absolute atomic E-state index is 6.27. The van der Waals surface area contributed by atoms with E-state index in [0.29, 0.717) is 30.2 Å². The third-order valence-electron chi connectivity index (χ3n) is 3.15. The maximum Gasteiger partial charge on any atom is 0.245 e. The lowest BCUT2D eigenvalue weighted by Crippen LogP contribution is -2.31. The molecule has 0 amide bonds. The fourth-order valence-electron chi connectivity index (χ4n) is 2.36. The van der Waals surface area contributed by atoms with Crippen molar-refractivity contribution in [3.05, 3.63) is 12.2 Å². The molecule has 0 fully saturated rings. The molecule has 0 aliphatic carbocycles. The zero-order chi connectivity index (χ0) is 15.6. The minimum atomic E-state index is -0.346. The third kappa shape index (κ3) is 3.27. The lowest BCUT2D eigenvalue weighted by molar-refractivity contribution is -0.0222. The molecule has 0 saturated heterocycles. The summed E-state index contributed by atoms with van der Waals surface area (Å²) >= 11 is 6.27. The molecule has 0 spiro atoms. The van der Waals surface area contributed by atoms with Gasteiger partial charge >= 0.3 is 0 Å². The summed E-state index contributed by atoms with van der Waals surface area (Å²) in [7, 11) is 1.56. The van der Waals surface area contributed by atoms with Crippen LogP contribution in [0, 0.1) is 0 Å². The molecular formula is C14H21ClN4O2. The molecule has 0 aromatic carbocycles. The number of imidazole rings is 1. The van der Waals surface area contributed by atoms with Gasteiger partial charge in [-0.2, -0.15) is 4.98 Å². The van der Waals surface area contributed by atoms with Gasteiger partial charge in [0.1, 0.15) is 12.2 Å². The van der Waals surface area contributed by atoms with Gasteiger partial charge in [0.25, 0.3) is 0 Å². The molecule has 0 bridgehead atoms. The van der Waals surface area contributed by atoms with Crippen LogP contribution in [-0.4, -0.2) is 38.8 Å². The van der Waals surface area contributed by atoms with Crippen LogP contribution in [0.1, 0.15) is 38.9 Å². The molecule has 2 heterocycles. The highest BCUT2D eigenvalue weighted by Gasteiger charge is 2.25. The van der Waals surface area contributed by atoms with Crippen molar-refractivity contribution < 1.29 is 9.47 Å². The highest BCUT2D eigenvalue weighted by molar-refractivity contribution is 6.20. The molecule has 1 atom stereocenters. The van der Waals surface area contributed by atoms with Crippen LogP contribution in [-0.2, 0) is 11.3 Å². The lowest BCUT2D eigenvalue weighted by Gasteiger charge is -2.26. The number of aromatic nitrogens is 4. The summed E-state index contributed by atoms with van der Waals surface area (Å²) in [6.07, 6.45) is 1.47. The second-order valence-electron chi connectivity index (χ2n) is 5.42. The number of alkyl halides is 1. The normalized spacial score (nSPS) is 13.6. The molecular weight excluding hydrogens is 292 g/mol. The molecule has 0 aliphatic heterocycles. The standard InChI is InChI=1S/C14H21ClN4O2/c1-6-21-14(3,4)7-19-11(9(2)15)18-10-12(19)16-8-17-13(10)20-5/h8-9H,6-7H2,1-5H3. The first-order valence-electron chi connectivity index (χ1n) is 6.92. The third-order valence-corrected chi connectivity index (χ3v) is 3.35. The Morgan fingerprint density at radius 3 is 2.67 bits per heavy atom. The number of nitrogens with zero attached hydrogens (tertiary/aromatic N) is 4. The molecule has 21 heavy (non-hydrogen) atoms. The van der Waals surface area contributed by atoms with Gasteiger partial charge in [-0.05, 0) is 27.7 Å². The van der Waals surface area contributed by atoms with Crippen molar-refractivity contribution in [3.63, 3.8) is 0 Å². The van der Waals surface area contributed by atoms with Crippen molar-refractivity contribution in [3.8, 4) is 5.88 Å². The Morgan fingerprint density at radius 1 is 1.38 bits per heavy atom. The van der Waals surface area contributed by atoms with E-state index in [1.165, 1.54) is 6.33 Å². The summed E-state index contributed by atoms with van der Waals surface area (Å²) < 4.78 is 13.0. The van der Waals surface area contributed by atoms with Crippen molar-refractivity contribution in [2.24, 2.45) is 0 Å². The summed E-state index contributed by atoms with van der Waals surface area (Å²) in [5.74, 6) is 1.18. The number of methoxy groups -OCH3 is 1. The fourth-order valence-corrected chi connectivity index (χ4v) is 2.53. The molecule has 2 aromatic heterocycles. The number of hydrogen-bond acceptors (Lipinski definition) is 5. The second-order valence-corrected chi connectivity index (χ2v) is 6.07. The fraction of sp³-hybridized carbons (Fsp3) is 0.643. The van der Waals surface area contributed by atoms with E-state index >= 15 is 0 Å². The van der Waals surface area contributed by atoms with Crippen molar-refractivity contribution in [1.82, 2.24) is 19.5 Å². The summed E-state index contributed by atoms with van der Waals surface area (Å²) in [6, 6.07) is 0. The van der Waals surface area contributed by atoms with Gasteiger partial charge < -0.3 is 14.0 Å².